The molecule has 126 valence electrons. The van der Waals surface area contributed by atoms with Crippen molar-refractivity contribution in [2.75, 3.05) is 0 Å². The van der Waals surface area contributed by atoms with Gasteiger partial charge in [-0.15, -0.1) is 0 Å². The van der Waals surface area contributed by atoms with Gasteiger partial charge in [0.25, 0.3) is 0 Å². The molecular formula is C17H21F3N2O. The van der Waals surface area contributed by atoms with Crippen LogP contribution in [0.1, 0.15) is 43.2 Å². The first kappa shape index (κ1) is 16.3. The van der Waals surface area contributed by atoms with E-state index in [0.29, 0.717) is 6.54 Å². The number of alkyl halides is 3. The van der Waals surface area contributed by atoms with Gasteiger partial charge in [0.2, 0.25) is 5.91 Å². The molecule has 6 heteroatoms. The Morgan fingerprint density at radius 2 is 1.78 bits per heavy atom. The van der Waals surface area contributed by atoms with Crippen LogP contribution in [0, 0.1) is 5.92 Å². The molecule has 2 aliphatic carbocycles. The lowest BCUT2D eigenvalue weighted by Crippen LogP contribution is -2.37. The molecule has 0 aromatic heterocycles. The Balaban J connectivity index is 1.69. The topological polar surface area (TPSA) is 46.3 Å². The maximum Gasteiger partial charge on any atom is 0.416 e. The van der Waals surface area contributed by atoms with Crippen molar-refractivity contribution in [1.29, 1.82) is 0 Å². The van der Waals surface area contributed by atoms with E-state index in [1.54, 1.807) is 0 Å². The minimum Gasteiger partial charge on any atom is -0.335 e. The maximum atomic E-state index is 12.7. The lowest BCUT2D eigenvalue weighted by Gasteiger charge is -2.26. The Hall–Kier alpha value is -1.56. The van der Waals surface area contributed by atoms with Gasteiger partial charge in [0.15, 0.2) is 0 Å². The third kappa shape index (κ3) is 3.86. The van der Waals surface area contributed by atoms with Gasteiger partial charge in [-0.2, -0.15) is 13.2 Å². The van der Waals surface area contributed by atoms with Gasteiger partial charge in [-0.1, -0.05) is 12.1 Å². The number of benzene rings is 1. The van der Waals surface area contributed by atoms with E-state index >= 15 is 0 Å². The summed E-state index contributed by atoms with van der Waals surface area (Å²) in [5.74, 6) is 0.0837. The highest BCUT2D eigenvalue weighted by molar-refractivity contribution is 5.80. The van der Waals surface area contributed by atoms with E-state index < -0.39 is 11.7 Å². The molecule has 1 amide bonds. The summed E-state index contributed by atoms with van der Waals surface area (Å²) in [6, 6.07) is 5.42. The number of halogens is 3. The summed E-state index contributed by atoms with van der Waals surface area (Å²) in [6.07, 6.45) is 0.0291. The molecule has 23 heavy (non-hydrogen) atoms. The van der Waals surface area contributed by atoms with Crippen molar-refractivity contribution < 1.29 is 18.0 Å². The molecule has 0 radical (unpaired) electrons. The predicted octanol–water partition coefficient (Wildman–Crippen LogP) is 3.32. The number of carbonyl (C=O) groups excluding carboxylic acids is 1. The van der Waals surface area contributed by atoms with Crippen LogP contribution in [0.15, 0.2) is 24.3 Å². The van der Waals surface area contributed by atoms with Crippen molar-refractivity contribution in [3.05, 3.63) is 35.4 Å². The van der Waals surface area contributed by atoms with Crippen molar-refractivity contribution in [1.82, 2.24) is 4.90 Å². The molecular weight excluding hydrogens is 305 g/mol. The molecule has 0 heterocycles. The van der Waals surface area contributed by atoms with Gasteiger partial charge >= 0.3 is 6.18 Å². The number of nitrogens with zero attached hydrogens (tertiary/aromatic N) is 1. The third-order valence-electron chi connectivity index (χ3n) is 4.73. The molecule has 0 bridgehead atoms. The maximum absolute atomic E-state index is 12.7. The van der Waals surface area contributed by atoms with Gasteiger partial charge < -0.3 is 10.6 Å². The first-order valence-corrected chi connectivity index (χ1v) is 8.07. The fraction of sp³-hybridized carbons (Fsp3) is 0.588. The van der Waals surface area contributed by atoms with E-state index in [9.17, 15) is 18.0 Å². The van der Waals surface area contributed by atoms with Gasteiger partial charge in [-0.05, 0) is 49.8 Å². The Kier molecular flexibility index (Phi) is 4.36. The fourth-order valence-corrected chi connectivity index (χ4v) is 3.24. The molecule has 2 N–H and O–H groups in total. The van der Waals surface area contributed by atoms with E-state index in [2.05, 4.69) is 0 Å². The molecule has 2 fully saturated rings. The van der Waals surface area contributed by atoms with Gasteiger partial charge in [-0.3, -0.25) is 4.79 Å². The van der Waals surface area contributed by atoms with Crippen LogP contribution < -0.4 is 5.73 Å². The molecule has 2 aliphatic rings. The molecule has 2 atom stereocenters. The Morgan fingerprint density at radius 1 is 1.13 bits per heavy atom. The highest BCUT2D eigenvalue weighted by Crippen LogP contribution is 2.34. The van der Waals surface area contributed by atoms with Gasteiger partial charge in [0, 0.05) is 24.5 Å². The number of nitrogens with two attached hydrogens (primary N) is 1. The van der Waals surface area contributed by atoms with Crippen LogP contribution in [-0.4, -0.2) is 22.9 Å². The molecule has 0 spiro atoms. The molecule has 1 aromatic carbocycles. The monoisotopic (exact) mass is 326 g/mol. The summed E-state index contributed by atoms with van der Waals surface area (Å²) in [7, 11) is 0. The Labute approximate surface area is 133 Å². The minimum atomic E-state index is -4.33. The normalized spacial score (nSPS) is 24.7. The second-order valence-corrected chi connectivity index (χ2v) is 6.66. The summed E-state index contributed by atoms with van der Waals surface area (Å²) in [5.41, 5.74) is 5.96. The van der Waals surface area contributed by atoms with Crippen LogP contribution in [0.2, 0.25) is 0 Å². The first-order chi connectivity index (χ1) is 10.8. The van der Waals surface area contributed by atoms with Crippen LogP contribution in [0.3, 0.4) is 0 Å². The Morgan fingerprint density at radius 3 is 2.26 bits per heavy atom. The van der Waals surface area contributed by atoms with Crippen molar-refractivity contribution in [2.24, 2.45) is 11.7 Å². The quantitative estimate of drug-likeness (QED) is 0.922. The number of carbonyl (C=O) groups is 1. The molecule has 0 aliphatic heterocycles. The SMILES string of the molecule is N[C@@H]1CC[C@@H](C(=O)N(Cc2ccc(C(F)(F)F)cc2)C2CC2)C1. The van der Waals surface area contributed by atoms with Crippen LogP contribution >= 0.6 is 0 Å². The molecule has 3 rings (SSSR count). The fourth-order valence-electron chi connectivity index (χ4n) is 3.24. The summed E-state index contributed by atoms with van der Waals surface area (Å²) >= 11 is 0. The highest BCUT2D eigenvalue weighted by atomic mass is 19.4. The van der Waals surface area contributed by atoms with E-state index in [1.807, 2.05) is 4.90 Å². The summed E-state index contributed by atoms with van der Waals surface area (Å²) in [4.78, 5) is 14.5. The minimum absolute atomic E-state index is 0.0277. The highest BCUT2D eigenvalue weighted by Gasteiger charge is 2.38. The zero-order chi connectivity index (χ0) is 16.6. The number of hydrogen-bond donors (Lipinski definition) is 1. The van der Waals surface area contributed by atoms with Gasteiger partial charge in [-0.25, -0.2) is 0 Å². The third-order valence-corrected chi connectivity index (χ3v) is 4.73. The van der Waals surface area contributed by atoms with Crippen molar-refractivity contribution in [3.8, 4) is 0 Å². The standard InChI is InChI=1S/C17H21F3N2O/c18-17(19,20)13-4-1-11(2-5-13)10-22(15-7-8-15)16(23)12-3-6-14(21)9-12/h1-2,4-5,12,14-15H,3,6-10,21H2/t12-,14-/m1/s1. The summed E-state index contributed by atoms with van der Waals surface area (Å²) in [5, 5.41) is 0. The summed E-state index contributed by atoms with van der Waals surface area (Å²) < 4.78 is 37.8. The summed E-state index contributed by atoms with van der Waals surface area (Å²) in [6.45, 7) is 0.382. The lowest BCUT2D eigenvalue weighted by atomic mass is 10.0. The second kappa shape index (κ2) is 6.15. The predicted molar refractivity (Wildman–Crippen MR) is 80.3 cm³/mol. The zero-order valence-corrected chi connectivity index (χ0v) is 12.9. The average Bonchev–Trinajstić information content (AvgIpc) is 3.25. The zero-order valence-electron chi connectivity index (χ0n) is 12.9. The van der Waals surface area contributed by atoms with Crippen LogP contribution in [0.25, 0.3) is 0 Å². The van der Waals surface area contributed by atoms with Crippen molar-refractivity contribution >= 4 is 5.91 Å². The molecule has 0 unspecified atom stereocenters. The van der Waals surface area contributed by atoms with Gasteiger partial charge in [0.1, 0.15) is 0 Å². The number of rotatable bonds is 4. The van der Waals surface area contributed by atoms with E-state index in [1.165, 1.54) is 12.1 Å². The van der Waals surface area contributed by atoms with Crippen molar-refractivity contribution in [2.45, 2.75) is 56.9 Å². The first-order valence-electron chi connectivity index (χ1n) is 8.07. The lowest BCUT2D eigenvalue weighted by molar-refractivity contribution is -0.138. The van der Waals surface area contributed by atoms with E-state index in [4.69, 9.17) is 5.73 Å². The average molecular weight is 326 g/mol. The largest absolute Gasteiger partial charge is 0.416 e. The Bertz CT molecular complexity index is 566. The molecule has 3 nitrogen and oxygen atoms in total. The van der Waals surface area contributed by atoms with Crippen LogP contribution in [0.4, 0.5) is 13.2 Å². The second-order valence-electron chi connectivity index (χ2n) is 6.66. The molecule has 1 aromatic rings. The van der Waals surface area contributed by atoms with Gasteiger partial charge in [0.05, 0.1) is 5.56 Å². The smallest absolute Gasteiger partial charge is 0.335 e. The number of hydrogen-bond acceptors (Lipinski definition) is 2. The van der Waals surface area contributed by atoms with E-state index in [-0.39, 0.29) is 23.9 Å². The van der Waals surface area contributed by atoms with Crippen LogP contribution in [-0.2, 0) is 17.5 Å². The van der Waals surface area contributed by atoms with Crippen LogP contribution in [0.5, 0.6) is 0 Å². The van der Waals surface area contributed by atoms with E-state index in [0.717, 1.165) is 49.8 Å². The molecule has 0 saturated heterocycles. The van der Waals surface area contributed by atoms with Crippen molar-refractivity contribution in [3.63, 3.8) is 0 Å². The number of amides is 1. The molecule has 2 saturated carbocycles.